The van der Waals surface area contributed by atoms with Gasteiger partial charge in [0.15, 0.2) is 5.11 Å². The normalized spacial score (nSPS) is 17.8. The van der Waals surface area contributed by atoms with Gasteiger partial charge in [-0.15, -0.1) is 0 Å². The van der Waals surface area contributed by atoms with Crippen LogP contribution in [0.5, 0.6) is 0 Å². The summed E-state index contributed by atoms with van der Waals surface area (Å²) in [5, 5.41) is 13.6. The van der Waals surface area contributed by atoms with Gasteiger partial charge in [0.2, 0.25) is 0 Å². The number of esters is 1. The summed E-state index contributed by atoms with van der Waals surface area (Å²) in [6, 6.07) is 15.3. The summed E-state index contributed by atoms with van der Waals surface area (Å²) in [7, 11) is 1.38. The predicted octanol–water partition coefficient (Wildman–Crippen LogP) is 3.63. The van der Waals surface area contributed by atoms with Gasteiger partial charge >= 0.3 is 5.97 Å². The molecule has 1 fully saturated rings. The molecule has 2 atom stereocenters. The maximum atomic E-state index is 11.8. The summed E-state index contributed by atoms with van der Waals surface area (Å²) in [6.45, 7) is 4.91. The molecule has 33 heavy (non-hydrogen) atoms. The second kappa shape index (κ2) is 9.72. The van der Waals surface area contributed by atoms with Crippen LogP contribution in [0.2, 0.25) is 0 Å². The second-order valence-corrected chi connectivity index (χ2v) is 8.48. The van der Waals surface area contributed by atoms with E-state index in [1.807, 2.05) is 30.3 Å². The summed E-state index contributed by atoms with van der Waals surface area (Å²) < 4.78 is 6.99. The molecule has 0 spiro atoms. The third kappa shape index (κ3) is 4.36. The van der Waals surface area contributed by atoms with E-state index < -0.39 is 0 Å². The van der Waals surface area contributed by atoms with E-state index in [-0.39, 0.29) is 24.7 Å². The zero-order valence-corrected chi connectivity index (χ0v) is 19.8. The fourth-order valence-corrected chi connectivity index (χ4v) is 4.91. The summed E-state index contributed by atoms with van der Waals surface area (Å²) in [4.78, 5) is 18.6. The standard InChI is InChI=1S/C25H28N4O3S/c1-16-15-20(17(2)29(16)19-10-8-18(9-11-19)24(31)32-3)23-22(21-7-4-5-12-26-21)27-25(33)28(23)13-6-14-30/h4-5,7-12,15,22-23,30H,6,13-14H2,1-3H3,(H,27,33)/t22-,23-/m1/s1. The van der Waals surface area contributed by atoms with E-state index >= 15 is 0 Å². The van der Waals surface area contributed by atoms with Gasteiger partial charge in [-0.3, -0.25) is 4.98 Å². The van der Waals surface area contributed by atoms with Crippen molar-refractivity contribution in [2.24, 2.45) is 0 Å². The van der Waals surface area contributed by atoms with Crippen LogP contribution in [0.3, 0.4) is 0 Å². The number of pyridine rings is 1. The van der Waals surface area contributed by atoms with Crippen molar-refractivity contribution >= 4 is 23.3 Å². The average Bonchev–Trinajstić information content (AvgIpc) is 3.32. The molecule has 3 aromatic rings. The molecule has 1 aliphatic heterocycles. The number of nitrogens with one attached hydrogen (secondary N) is 1. The molecule has 7 nitrogen and oxygen atoms in total. The Morgan fingerprint density at radius 2 is 1.97 bits per heavy atom. The molecule has 0 unspecified atom stereocenters. The fourth-order valence-electron chi connectivity index (χ4n) is 4.57. The fraction of sp³-hybridized carbons (Fsp3) is 0.320. The highest BCUT2D eigenvalue weighted by Crippen LogP contribution is 2.41. The first kappa shape index (κ1) is 22.9. The Balaban J connectivity index is 1.77. The highest BCUT2D eigenvalue weighted by atomic mass is 32.1. The minimum atomic E-state index is -0.355. The zero-order valence-electron chi connectivity index (χ0n) is 19.0. The number of aliphatic hydroxyl groups excluding tert-OH is 1. The lowest BCUT2D eigenvalue weighted by molar-refractivity contribution is 0.0600. The number of aryl methyl sites for hydroxylation is 1. The van der Waals surface area contributed by atoms with Crippen LogP contribution in [-0.2, 0) is 4.74 Å². The molecule has 0 aliphatic carbocycles. The molecular weight excluding hydrogens is 436 g/mol. The van der Waals surface area contributed by atoms with Crippen molar-refractivity contribution in [3.63, 3.8) is 0 Å². The maximum Gasteiger partial charge on any atom is 0.337 e. The summed E-state index contributed by atoms with van der Waals surface area (Å²) in [5.74, 6) is -0.355. The van der Waals surface area contributed by atoms with E-state index in [0.29, 0.717) is 23.6 Å². The van der Waals surface area contributed by atoms with Crippen molar-refractivity contribution in [1.29, 1.82) is 0 Å². The first-order valence-electron chi connectivity index (χ1n) is 10.9. The van der Waals surface area contributed by atoms with Gasteiger partial charge in [-0.2, -0.15) is 0 Å². The van der Waals surface area contributed by atoms with E-state index in [0.717, 1.165) is 28.3 Å². The van der Waals surface area contributed by atoms with Crippen LogP contribution < -0.4 is 5.32 Å². The molecule has 1 saturated heterocycles. The molecule has 172 valence electrons. The molecular formula is C25H28N4O3S. The van der Waals surface area contributed by atoms with Crippen LogP contribution in [0, 0.1) is 13.8 Å². The lowest BCUT2D eigenvalue weighted by Crippen LogP contribution is -2.31. The Labute approximate surface area is 199 Å². The summed E-state index contributed by atoms with van der Waals surface area (Å²) in [5.41, 5.74) is 5.71. The molecule has 0 saturated carbocycles. The van der Waals surface area contributed by atoms with Gasteiger partial charge in [-0.05, 0) is 80.5 Å². The number of aromatic nitrogens is 2. The predicted molar refractivity (Wildman–Crippen MR) is 130 cm³/mol. The van der Waals surface area contributed by atoms with Gasteiger partial charge in [0.05, 0.1) is 30.5 Å². The van der Waals surface area contributed by atoms with E-state index in [2.05, 4.69) is 39.7 Å². The minimum absolute atomic E-state index is 0.0618. The summed E-state index contributed by atoms with van der Waals surface area (Å²) in [6.07, 6.45) is 2.42. The van der Waals surface area contributed by atoms with E-state index in [1.54, 1.807) is 18.3 Å². The van der Waals surface area contributed by atoms with E-state index in [1.165, 1.54) is 7.11 Å². The summed E-state index contributed by atoms with van der Waals surface area (Å²) >= 11 is 5.69. The number of methoxy groups -OCH3 is 1. The number of aliphatic hydroxyl groups is 1. The van der Waals surface area contributed by atoms with Gasteiger partial charge in [0.25, 0.3) is 0 Å². The van der Waals surface area contributed by atoms with Crippen molar-refractivity contribution in [3.8, 4) is 5.69 Å². The van der Waals surface area contributed by atoms with Crippen molar-refractivity contribution in [1.82, 2.24) is 19.8 Å². The van der Waals surface area contributed by atoms with Crippen molar-refractivity contribution < 1.29 is 14.6 Å². The molecule has 8 heteroatoms. The smallest absolute Gasteiger partial charge is 0.337 e. The van der Waals surface area contributed by atoms with Crippen LogP contribution in [0.4, 0.5) is 0 Å². The number of thiocarbonyl (C=S) groups is 1. The molecule has 0 amide bonds. The number of carbonyl (C=O) groups is 1. The Morgan fingerprint density at radius 3 is 2.61 bits per heavy atom. The van der Waals surface area contributed by atoms with Crippen LogP contribution in [0.15, 0.2) is 54.7 Å². The third-order valence-corrected chi connectivity index (χ3v) is 6.44. The maximum absolute atomic E-state index is 11.8. The molecule has 2 aromatic heterocycles. The Bertz CT molecular complexity index is 1140. The first-order valence-corrected chi connectivity index (χ1v) is 11.3. The molecule has 2 N–H and O–H groups in total. The number of nitrogens with zero attached hydrogens (tertiary/aromatic N) is 3. The monoisotopic (exact) mass is 464 g/mol. The molecule has 1 aromatic carbocycles. The van der Waals surface area contributed by atoms with Gasteiger partial charge in [0, 0.05) is 36.4 Å². The third-order valence-electron chi connectivity index (χ3n) is 6.09. The molecule has 1 aliphatic rings. The zero-order chi connectivity index (χ0) is 23.5. The van der Waals surface area contributed by atoms with Crippen LogP contribution in [0.25, 0.3) is 5.69 Å². The van der Waals surface area contributed by atoms with Crippen LogP contribution >= 0.6 is 12.2 Å². The second-order valence-electron chi connectivity index (χ2n) is 8.10. The van der Waals surface area contributed by atoms with Crippen molar-refractivity contribution in [2.75, 3.05) is 20.3 Å². The molecule has 0 radical (unpaired) electrons. The average molecular weight is 465 g/mol. The van der Waals surface area contributed by atoms with Crippen molar-refractivity contribution in [3.05, 3.63) is 82.9 Å². The number of hydrogen-bond acceptors (Lipinski definition) is 5. The molecule has 4 rings (SSSR count). The van der Waals surface area contributed by atoms with Crippen molar-refractivity contribution in [2.45, 2.75) is 32.4 Å². The Kier molecular flexibility index (Phi) is 6.76. The van der Waals surface area contributed by atoms with Crippen LogP contribution in [0.1, 0.15) is 51.5 Å². The molecule has 0 bridgehead atoms. The van der Waals surface area contributed by atoms with Crippen LogP contribution in [-0.4, -0.2) is 50.9 Å². The topological polar surface area (TPSA) is 79.6 Å². The highest BCUT2D eigenvalue weighted by Gasteiger charge is 2.41. The SMILES string of the molecule is COC(=O)c1ccc(-n2c(C)cc([C@@H]3[C@@H](c4ccccn4)NC(=S)N3CCCO)c2C)cc1. The Morgan fingerprint density at radius 1 is 1.21 bits per heavy atom. The van der Waals surface area contributed by atoms with Gasteiger partial charge in [-0.25, -0.2) is 4.79 Å². The minimum Gasteiger partial charge on any atom is -0.465 e. The number of rotatable bonds is 7. The largest absolute Gasteiger partial charge is 0.465 e. The molecule has 3 heterocycles. The number of carbonyl (C=O) groups excluding carboxylic acids is 1. The van der Waals surface area contributed by atoms with Gasteiger partial charge < -0.3 is 24.6 Å². The van der Waals surface area contributed by atoms with E-state index in [9.17, 15) is 9.90 Å². The van der Waals surface area contributed by atoms with Gasteiger partial charge in [0.1, 0.15) is 0 Å². The lowest BCUT2D eigenvalue weighted by atomic mass is 9.96. The number of ether oxygens (including phenoxy) is 1. The highest BCUT2D eigenvalue weighted by molar-refractivity contribution is 7.80. The Hall–Kier alpha value is -3.23. The lowest BCUT2D eigenvalue weighted by Gasteiger charge is -2.28. The quantitative estimate of drug-likeness (QED) is 0.408. The number of hydrogen-bond donors (Lipinski definition) is 2. The number of benzene rings is 1. The van der Waals surface area contributed by atoms with E-state index in [4.69, 9.17) is 17.0 Å². The first-order chi connectivity index (χ1) is 16.0. The van der Waals surface area contributed by atoms with Gasteiger partial charge in [-0.1, -0.05) is 6.07 Å².